The van der Waals surface area contributed by atoms with Crippen LogP contribution in [0.15, 0.2) is 77.0 Å². The van der Waals surface area contributed by atoms with Gasteiger partial charge in [-0.1, -0.05) is 53.7 Å². The average Bonchev–Trinajstić information content (AvgIpc) is 3.19. The Morgan fingerprint density at radius 1 is 1.21 bits per heavy atom. The Morgan fingerprint density at radius 3 is 2.82 bits per heavy atom. The third kappa shape index (κ3) is 5.70. The molecule has 9 heteroatoms. The third-order valence-corrected chi connectivity index (χ3v) is 6.27. The van der Waals surface area contributed by atoms with Gasteiger partial charge in [0, 0.05) is 5.02 Å². The summed E-state index contributed by atoms with van der Waals surface area (Å²) in [5, 5.41) is 15.2. The number of imidazole rings is 1. The van der Waals surface area contributed by atoms with E-state index in [0.29, 0.717) is 29.5 Å². The van der Waals surface area contributed by atoms with Gasteiger partial charge in [0.25, 0.3) is 5.91 Å². The van der Waals surface area contributed by atoms with Crippen LogP contribution in [0.5, 0.6) is 11.5 Å². The van der Waals surface area contributed by atoms with E-state index in [0.717, 1.165) is 21.8 Å². The van der Waals surface area contributed by atoms with E-state index in [4.69, 9.17) is 21.3 Å². The average molecular weight is 495 g/mol. The van der Waals surface area contributed by atoms with E-state index in [2.05, 4.69) is 15.1 Å². The molecule has 0 unspecified atom stereocenters. The molecule has 7 nitrogen and oxygen atoms in total. The number of hydrazone groups is 1. The highest BCUT2D eigenvalue weighted by atomic mass is 35.5. The Labute approximate surface area is 206 Å². The molecular weight excluding hydrogens is 472 g/mol. The lowest BCUT2D eigenvalue weighted by molar-refractivity contribution is -0.118. The number of carbonyl (C=O) groups excluding carboxylic acids is 1. The number of para-hydroxylation sites is 2. The van der Waals surface area contributed by atoms with Crippen molar-refractivity contribution in [2.75, 3.05) is 12.4 Å². The quantitative estimate of drug-likeness (QED) is 0.192. The lowest BCUT2D eigenvalue weighted by Gasteiger charge is -2.10. The lowest BCUT2D eigenvalue weighted by atomic mass is 10.2. The number of carbonyl (C=O) groups is 1. The number of aromatic hydroxyl groups is 1. The fourth-order valence-electron chi connectivity index (χ4n) is 3.34. The normalized spacial score (nSPS) is 11.2. The minimum atomic E-state index is -0.263. The molecule has 0 atom stereocenters. The Morgan fingerprint density at radius 2 is 2.00 bits per heavy atom. The number of phenols is 1. The number of fused-ring (bicyclic) bond motifs is 1. The molecular formula is C25H23ClN4O3S. The fourth-order valence-corrected chi connectivity index (χ4v) is 4.34. The van der Waals surface area contributed by atoms with Crippen molar-refractivity contribution in [3.8, 4) is 11.5 Å². The van der Waals surface area contributed by atoms with Gasteiger partial charge in [0.2, 0.25) is 0 Å². The molecule has 0 saturated heterocycles. The van der Waals surface area contributed by atoms with Crippen molar-refractivity contribution < 1.29 is 14.6 Å². The maximum absolute atomic E-state index is 12.4. The van der Waals surface area contributed by atoms with E-state index in [1.165, 1.54) is 24.0 Å². The summed E-state index contributed by atoms with van der Waals surface area (Å²) in [6, 6.07) is 20.4. The van der Waals surface area contributed by atoms with Crippen molar-refractivity contribution in [2.24, 2.45) is 5.10 Å². The highest BCUT2D eigenvalue weighted by molar-refractivity contribution is 7.99. The molecule has 4 rings (SSSR count). The van der Waals surface area contributed by atoms with E-state index < -0.39 is 0 Å². The number of rotatable bonds is 9. The number of hydrogen-bond donors (Lipinski definition) is 2. The summed E-state index contributed by atoms with van der Waals surface area (Å²) in [5.74, 6) is 0.300. The van der Waals surface area contributed by atoms with Crippen LogP contribution in [0, 0.1) is 0 Å². The largest absolute Gasteiger partial charge is 0.504 e. The molecule has 34 heavy (non-hydrogen) atoms. The standard InChI is InChI=1S/C25H23ClN4O3S/c1-2-33-23-13-17(11-12-22(23)31)14-27-29-24(32)16-34-25-28-20-9-5-6-10-21(20)30(25)15-18-7-3-4-8-19(18)26/h3-14,31H,2,15-16H2,1H3,(H,29,32)/b27-14+. The molecule has 1 heterocycles. The predicted molar refractivity (Wildman–Crippen MR) is 136 cm³/mol. The lowest BCUT2D eigenvalue weighted by Crippen LogP contribution is -2.20. The van der Waals surface area contributed by atoms with E-state index in [1.807, 2.05) is 55.5 Å². The number of nitrogens with one attached hydrogen (secondary N) is 1. The Balaban J connectivity index is 1.43. The van der Waals surface area contributed by atoms with E-state index >= 15 is 0 Å². The second kappa shape index (κ2) is 11.1. The number of aromatic nitrogens is 2. The van der Waals surface area contributed by atoms with Crippen LogP contribution in [-0.4, -0.2) is 39.1 Å². The highest BCUT2D eigenvalue weighted by Gasteiger charge is 2.14. The van der Waals surface area contributed by atoms with Gasteiger partial charge in [-0.2, -0.15) is 5.10 Å². The number of phenolic OH excluding ortho intramolecular Hbond substituents is 1. The third-order valence-electron chi connectivity index (χ3n) is 4.92. The van der Waals surface area contributed by atoms with Gasteiger partial charge in [0.15, 0.2) is 16.7 Å². The molecule has 4 aromatic rings. The molecule has 0 aliphatic carbocycles. The SMILES string of the molecule is CCOc1cc(/C=N/NC(=O)CSc2nc3ccccc3n2Cc2ccccc2Cl)ccc1O. The first-order valence-electron chi connectivity index (χ1n) is 10.6. The monoisotopic (exact) mass is 494 g/mol. The molecule has 0 fully saturated rings. The van der Waals surface area contributed by atoms with Crippen molar-refractivity contribution in [1.29, 1.82) is 0 Å². The predicted octanol–water partition coefficient (Wildman–Crippen LogP) is 5.08. The number of nitrogens with zero attached hydrogens (tertiary/aromatic N) is 3. The summed E-state index contributed by atoms with van der Waals surface area (Å²) in [5.41, 5.74) is 6.02. The molecule has 1 aromatic heterocycles. The number of hydrogen-bond acceptors (Lipinski definition) is 6. The number of ether oxygens (including phenoxy) is 1. The highest BCUT2D eigenvalue weighted by Crippen LogP contribution is 2.27. The first kappa shape index (κ1) is 23.7. The maximum atomic E-state index is 12.4. The zero-order valence-electron chi connectivity index (χ0n) is 18.4. The van der Waals surface area contributed by atoms with Crippen LogP contribution in [0.2, 0.25) is 5.02 Å². The molecule has 3 aromatic carbocycles. The maximum Gasteiger partial charge on any atom is 0.250 e. The molecule has 1 amide bonds. The van der Waals surface area contributed by atoms with Crippen LogP contribution in [0.3, 0.4) is 0 Å². The number of thioether (sulfide) groups is 1. The summed E-state index contributed by atoms with van der Waals surface area (Å²) in [4.78, 5) is 17.1. The summed E-state index contributed by atoms with van der Waals surface area (Å²) in [7, 11) is 0. The molecule has 0 aliphatic heterocycles. The van der Waals surface area contributed by atoms with Gasteiger partial charge < -0.3 is 14.4 Å². The van der Waals surface area contributed by atoms with Crippen molar-refractivity contribution in [1.82, 2.24) is 15.0 Å². The van der Waals surface area contributed by atoms with E-state index in [1.54, 1.807) is 12.1 Å². The minimum absolute atomic E-state index is 0.0547. The summed E-state index contributed by atoms with van der Waals surface area (Å²) < 4.78 is 7.42. The smallest absolute Gasteiger partial charge is 0.250 e. The van der Waals surface area contributed by atoms with Gasteiger partial charge in [0.05, 0.1) is 36.2 Å². The van der Waals surface area contributed by atoms with Gasteiger partial charge in [-0.3, -0.25) is 4.79 Å². The van der Waals surface area contributed by atoms with Crippen LogP contribution in [-0.2, 0) is 11.3 Å². The van der Waals surface area contributed by atoms with Gasteiger partial charge >= 0.3 is 0 Å². The Hall–Kier alpha value is -3.49. The van der Waals surface area contributed by atoms with Crippen molar-refractivity contribution in [3.63, 3.8) is 0 Å². The zero-order chi connectivity index (χ0) is 23.9. The van der Waals surface area contributed by atoms with Crippen molar-refractivity contribution >= 4 is 46.5 Å². The number of halogens is 1. The van der Waals surface area contributed by atoms with Gasteiger partial charge in [0.1, 0.15) is 0 Å². The molecule has 0 saturated carbocycles. The second-order valence-corrected chi connectivity index (χ2v) is 8.65. The van der Waals surface area contributed by atoms with Gasteiger partial charge in [-0.05, 0) is 54.4 Å². The Bertz CT molecular complexity index is 1340. The minimum Gasteiger partial charge on any atom is -0.504 e. The zero-order valence-corrected chi connectivity index (χ0v) is 20.0. The van der Waals surface area contributed by atoms with E-state index in [-0.39, 0.29) is 17.4 Å². The van der Waals surface area contributed by atoms with Crippen LogP contribution in [0.1, 0.15) is 18.1 Å². The van der Waals surface area contributed by atoms with Crippen LogP contribution in [0.4, 0.5) is 0 Å². The fraction of sp³-hybridized carbons (Fsp3) is 0.160. The summed E-state index contributed by atoms with van der Waals surface area (Å²) >= 11 is 7.71. The molecule has 0 bridgehead atoms. The molecule has 174 valence electrons. The Kier molecular flexibility index (Phi) is 7.72. The summed E-state index contributed by atoms with van der Waals surface area (Å²) in [6.07, 6.45) is 1.50. The molecule has 2 N–H and O–H groups in total. The van der Waals surface area contributed by atoms with Crippen LogP contribution in [0.25, 0.3) is 11.0 Å². The first-order chi connectivity index (χ1) is 16.5. The van der Waals surface area contributed by atoms with Crippen molar-refractivity contribution in [2.45, 2.75) is 18.6 Å². The van der Waals surface area contributed by atoms with Gasteiger partial charge in [-0.15, -0.1) is 0 Å². The van der Waals surface area contributed by atoms with Crippen LogP contribution < -0.4 is 10.2 Å². The molecule has 0 spiro atoms. The molecule has 0 radical (unpaired) electrons. The van der Waals surface area contributed by atoms with E-state index in [9.17, 15) is 9.90 Å². The number of amides is 1. The molecule has 0 aliphatic rings. The second-order valence-electron chi connectivity index (χ2n) is 7.30. The number of benzene rings is 3. The topological polar surface area (TPSA) is 88.7 Å². The first-order valence-corrected chi connectivity index (χ1v) is 12.0. The van der Waals surface area contributed by atoms with Gasteiger partial charge in [-0.25, -0.2) is 10.4 Å². The van der Waals surface area contributed by atoms with Crippen LogP contribution >= 0.6 is 23.4 Å². The van der Waals surface area contributed by atoms with Crippen molar-refractivity contribution in [3.05, 3.63) is 82.9 Å². The summed E-state index contributed by atoms with van der Waals surface area (Å²) in [6.45, 7) is 2.81.